The van der Waals surface area contributed by atoms with E-state index in [2.05, 4.69) is 40.7 Å². The lowest BCUT2D eigenvalue weighted by Crippen LogP contribution is -2.68. The van der Waals surface area contributed by atoms with Crippen molar-refractivity contribution < 1.29 is 24.9 Å². The molecule has 4 saturated carbocycles. The van der Waals surface area contributed by atoms with E-state index >= 15 is 0 Å². The molecule has 0 heterocycles. The van der Waals surface area contributed by atoms with Crippen LogP contribution in [0.5, 0.6) is 0 Å². The van der Waals surface area contributed by atoms with Gasteiger partial charge >= 0.3 is 5.97 Å². The summed E-state index contributed by atoms with van der Waals surface area (Å²) in [6, 6.07) is 0. The monoisotopic (exact) mass is 502 g/mol. The highest BCUT2D eigenvalue weighted by Crippen LogP contribution is 2.76. The van der Waals surface area contributed by atoms with Gasteiger partial charge in [0.1, 0.15) is 0 Å². The molecule has 36 heavy (non-hydrogen) atoms. The average Bonchev–Trinajstić information content (AvgIpc) is 2.84. The fourth-order valence-corrected chi connectivity index (χ4v) is 11.1. The first-order valence-corrected chi connectivity index (χ1v) is 14.5. The number of carbonyl (C=O) groups is 1. The fourth-order valence-electron chi connectivity index (χ4n) is 11.1. The Kier molecular flexibility index (Phi) is 5.97. The first-order valence-electron chi connectivity index (χ1n) is 14.5. The van der Waals surface area contributed by atoms with E-state index in [-0.39, 0.29) is 46.6 Å². The van der Waals surface area contributed by atoms with Crippen molar-refractivity contribution in [2.45, 2.75) is 111 Å². The summed E-state index contributed by atoms with van der Waals surface area (Å²) < 4.78 is 5.43. The second-order valence-electron chi connectivity index (χ2n) is 14.8. The molecule has 0 aromatic heterocycles. The minimum atomic E-state index is -0.964. The van der Waals surface area contributed by atoms with Gasteiger partial charge in [-0.05, 0) is 98.7 Å². The summed E-state index contributed by atoms with van der Waals surface area (Å²) in [7, 11) is 1.50. The van der Waals surface area contributed by atoms with E-state index < -0.39 is 22.5 Å². The zero-order valence-electron chi connectivity index (χ0n) is 23.7. The standard InChI is InChI=1S/C31H50O5/c1-19-10-15-31(25(34)36-7)17-16-28(4)20(24(31)30(19,6)35)8-9-22-26(2)13-12-23(33)27(3,18-32)21(26)11-14-29(22,28)5/h8,19,21-24,32-33,35H,9-18H2,1-7H3/t19-,21?,22-,23-,24-,26+,27?,28-,29-,30-,31+/m1/s1. The van der Waals surface area contributed by atoms with Crippen LogP contribution in [0.3, 0.4) is 0 Å². The molecule has 3 N–H and O–H groups in total. The molecular weight excluding hydrogens is 452 g/mol. The van der Waals surface area contributed by atoms with Gasteiger partial charge in [-0.2, -0.15) is 0 Å². The predicted molar refractivity (Wildman–Crippen MR) is 140 cm³/mol. The molecule has 5 nitrogen and oxygen atoms in total. The van der Waals surface area contributed by atoms with E-state index in [1.807, 2.05) is 6.92 Å². The molecule has 0 spiro atoms. The summed E-state index contributed by atoms with van der Waals surface area (Å²) in [6.07, 6.45) is 9.99. The fraction of sp³-hybridized carbons (Fsp3) is 0.903. The van der Waals surface area contributed by atoms with E-state index in [1.165, 1.54) is 12.7 Å². The lowest BCUT2D eigenvalue weighted by atomic mass is 9.33. The Labute approximate surface area is 218 Å². The van der Waals surface area contributed by atoms with Crippen LogP contribution in [0.1, 0.15) is 99.3 Å². The van der Waals surface area contributed by atoms with Crippen molar-refractivity contribution in [2.24, 2.45) is 50.7 Å². The van der Waals surface area contributed by atoms with Gasteiger partial charge < -0.3 is 20.1 Å². The summed E-state index contributed by atoms with van der Waals surface area (Å²) in [5, 5.41) is 33.4. The number of fused-ring (bicyclic) bond motifs is 7. The number of aliphatic hydroxyl groups excluding tert-OH is 2. The Morgan fingerprint density at radius 1 is 1.00 bits per heavy atom. The van der Waals surface area contributed by atoms with Gasteiger partial charge in [0.15, 0.2) is 0 Å². The van der Waals surface area contributed by atoms with Crippen molar-refractivity contribution in [3.8, 4) is 0 Å². The first kappa shape index (κ1) is 26.7. The molecule has 2 unspecified atom stereocenters. The van der Waals surface area contributed by atoms with E-state index in [9.17, 15) is 20.1 Å². The van der Waals surface area contributed by atoms with Crippen LogP contribution in [0.25, 0.3) is 0 Å². The molecule has 5 aliphatic carbocycles. The van der Waals surface area contributed by atoms with Gasteiger partial charge in [0.2, 0.25) is 0 Å². The Morgan fingerprint density at radius 2 is 1.69 bits per heavy atom. The lowest BCUT2D eigenvalue weighted by Gasteiger charge is -2.72. The summed E-state index contributed by atoms with van der Waals surface area (Å²) in [5.41, 5.74) is -0.821. The second-order valence-corrected chi connectivity index (χ2v) is 14.8. The highest BCUT2D eigenvalue weighted by molar-refractivity contribution is 5.79. The van der Waals surface area contributed by atoms with Gasteiger partial charge in [-0.1, -0.05) is 46.3 Å². The highest BCUT2D eigenvalue weighted by Gasteiger charge is 2.71. The molecule has 4 fully saturated rings. The van der Waals surface area contributed by atoms with Crippen LogP contribution in [0.2, 0.25) is 0 Å². The molecule has 0 radical (unpaired) electrons. The minimum absolute atomic E-state index is 0.0278. The van der Waals surface area contributed by atoms with E-state index in [1.54, 1.807) is 0 Å². The summed E-state index contributed by atoms with van der Waals surface area (Å²) in [4.78, 5) is 13.4. The third kappa shape index (κ3) is 2.97. The number of rotatable bonds is 2. The molecule has 0 bridgehead atoms. The molecule has 5 aliphatic rings. The Hall–Kier alpha value is -0.910. The zero-order valence-corrected chi connectivity index (χ0v) is 23.7. The van der Waals surface area contributed by atoms with Crippen molar-refractivity contribution in [1.82, 2.24) is 0 Å². The zero-order chi connectivity index (χ0) is 26.5. The summed E-state index contributed by atoms with van der Waals surface area (Å²) in [5.74, 6) is 0.468. The topological polar surface area (TPSA) is 87.0 Å². The Morgan fingerprint density at radius 3 is 2.33 bits per heavy atom. The van der Waals surface area contributed by atoms with E-state index in [4.69, 9.17) is 4.74 Å². The smallest absolute Gasteiger partial charge is 0.312 e. The Balaban J connectivity index is 1.64. The summed E-state index contributed by atoms with van der Waals surface area (Å²) in [6.45, 7) is 13.6. The average molecular weight is 503 g/mol. The number of methoxy groups -OCH3 is 1. The maximum atomic E-state index is 13.4. The minimum Gasteiger partial charge on any atom is -0.469 e. The van der Waals surface area contributed by atoms with Crippen LogP contribution in [0.4, 0.5) is 0 Å². The maximum Gasteiger partial charge on any atom is 0.312 e. The van der Waals surface area contributed by atoms with Gasteiger partial charge in [0.05, 0.1) is 30.8 Å². The first-order chi connectivity index (χ1) is 16.7. The third-order valence-corrected chi connectivity index (χ3v) is 13.8. The number of esters is 1. The lowest BCUT2D eigenvalue weighted by molar-refractivity contribution is -0.225. The normalized spacial score (nSPS) is 56.4. The van der Waals surface area contributed by atoms with Gasteiger partial charge in [-0.25, -0.2) is 0 Å². The molecular formula is C31H50O5. The summed E-state index contributed by atoms with van der Waals surface area (Å²) >= 11 is 0. The number of hydrogen-bond donors (Lipinski definition) is 3. The van der Waals surface area contributed by atoms with Gasteiger partial charge in [0.25, 0.3) is 0 Å². The number of hydrogen-bond acceptors (Lipinski definition) is 5. The molecule has 5 rings (SSSR count). The molecule has 0 amide bonds. The van der Waals surface area contributed by atoms with Crippen LogP contribution >= 0.6 is 0 Å². The molecule has 0 aromatic carbocycles. The number of carbonyl (C=O) groups excluding carboxylic acids is 1. The molecule has 204 valence electrons. The van der Waals surface area contributed by atoms with Crippen molar-refractivity contribution in [2.75, 3.05) is 13.7 Å². The molecule has 0 aromatic rings. The van der Waals surface area contributed by atoms with Crippen LogP contribution in [-0.2, 0) is 9.53 Å². The molecule has 5 heteroatoms. The van der Waals surface area contributed by atoms with Crippen molar-refractivity contribution in [3.63, 3.8) is 0 Å². The van der Waals surface area contributed by atoms with Crippen LogP contribution < -0.4 is 0 Å². The molecule has 0 aliphatic heterocycles. The van der Waals surface area contributed by atoms with Crippen molar-refractivity contribution >= 4 is 5.97 Å². The predicted octanol–water partition coefficient (Wildman–Crippen LogP) is 5.27. The molecule has 11 atom stereocenters. The number of allylic oxidation sites excluding steroid dienone is 1. The number of ether oxygens (including phenoxy) is 1. The van der Waals surface area contributed by atoms with Crippen molar-refractivity contribution in [1.29, 1.82) is 0 Å². The quantitative estimate of drug-likeness (QED) is 0.354. The van der Waals surface area contributed by atoms with Crippen molar-refractivity contribution in [3.05, 3.63) is 11.6 Å². The third-order valence-electron chi connectivity index (χ3n) is 13.8. The van der Waals surface area contributed by atoms with E-state index in [0.717, 1.165) is 57.8 Å². The van der Waals surface area contributed by atoms with Crippen LogP contribution in [0, 0.1) is 50.7 Å². The SMILES string of the molecule is COC(=O)[C@]12CC[C@@H](C)[C@@](C)(O)[C@H]1C1=CC[C@@H]3[C@@]4(C)CC[C@@H](O)C(C)(CO)C4CC[C@@]3(C)[C@]1(C)CC2. The maximum absolute atomic E-state index is 13.4. The van der Waals surface area contributed by atoms with Gasteiger partial charge in [-0.3, -0.25) is 4.79 Å². The van der Waals surface area contributed by atoms with Gasteiger partial charge in [-0.15, -0.1) is 0 Å². The molecule has 0 saturated heterocycles. The van der Waals surface area contributed by atoms with Crippen LogP contribution in [0.15, 0.2) is 11.6 Å². The Bertz CT molecular complexity index is 957. The highest BCUT2D eigenvalue weighted by atomic mass is 16.5. The van der Waals surface area contributed by atoms with Gasteiger partial charge in [0, 0.05) is 11.3 Å². The van der Waals surface area contributed by atoms with E-state index in [0.29, 0.717) is 5.92 Å². The second kappa shape index (κ2) is 8.05. The van der Waals surface area contributed by atoms with Crippen LogP contribution in [-0.4, -0.2) is 46.7 Å². The number of aliphatic hydroxyl groups is 3. The largest absolute Gasteiger partial charge is 0.469 e.